The van der Waals surface area contributed by atoms with Crippen LogP contribution in [0.25, 0.3) is 23.0 Å². The fraction of sp³-hybridized carbons (Fsp3) is 0.200. The molecule has 0 fully saturated rings. The van der Waals surface area contributed by atoms with Gasteiger partial charge in [0.2, 0.25) is 5.82 Å². The van der Waals surface area contributed by atoms with E-state index in [1.54, 1.807) is 16.8 Å². The summed E-state index contributed by atoms with van der Waals surface area (Å²) in [5, 5.41) is 10.4. The molecule has 0 radical (unpaired) electrons. The molecule has 4 aromatic rings. The first-order chi connectivity index (χ1) is 14.1. The summed E-state index contributed by atoms with van der Waals surface area (Å²) in [5.74, 6) is 0.186. The summed E-state index contributed by atoms with van der Waals surface area (Å²) in [6, 6.07) is 9.72. The molecule has 1 aliphatic rings. The van der Waals surface area contributed by atoms with E-state index in [0.29, 0.717) is 41.5 Å². The average molecular weight is 409 g/mol. The van der Waals surface area contributed by atoms with Crippen molar-refractivity contribution in [3.05, 3.63) is 63.7 Å². The van der Waals surface area contributed by atoms with E-state index in [-0.39, 0.29) is 17.6 Å². The van der Waals surface area contributed by atoms with Crippen molar-refractivity contribution in [3.8, 4) is 23.0 Å². The summed E-state index contributed by atoms with van der Waals surface area (Å²) in [5.41, 5.74) is 3.03. The van der Waals surface area contributed by atoms with E-state index < -0.39 is 0 Å². The maximum absolute atomic E-state index is 13.5. The lowest BCUT2D eigenvalue weighted by atomic mass is 10.0. The zero-order valence-corrected chi connectivity index (χ0v) is 16.3. The number of carbonyl (C=O) groups is 1. The van der Waals surface area contributed by atoms with Crippen LogP contribution < -0.4 is 0 Å². The predicted octanol–water partition coefficient (Wildman–Crippen LogP) is 3.54. The number of hydrogen-bond acceptors (Lipinski definition) is 6. The second-order valence-electron chi connectivity index (χ2n) is 6.78. The molecule has 3 aromatic heterocycles. The number of halogens is 1. The Morgan fingerprint density at radius 3 is 2.97 bits per heavy atom. The largest absolute Gasteiger partial charge is 0.333 e. The van der Waals surface area contributed by atoms with Crippen molar-refractivity contribution in [2.45, 2.75) is 13.0 Å². The molecule has 0 saturated heterocycles. The molecule has 0 aliphatic carbocycles. The molecule has 4 heterocycles. The fourth-order valence-electron chi connectivity index (χ4n) is 3.56. The van der Waals surface area contributed by atoms with E-state index in [2.05, 4.69) is 15.2 Å². The highest BCUT2D eigenvalue weighted by Gasteiger charge is 2.30. The van der Waals surface area contributed by atoms with Gasteiger partial charge in [-0.2, -0.15) is 10.1 Å². The number of fused-ring (bicyclic) bond motifs is 1. The third-order valence-electron chi connectivity index (χ3n) is 4.97. The minimum absolute atomic E-state index is 0.00596. The molecule has 1 aliphatic heterocycles. The lowest BCUT2D eigenvalue weighted by Gasteiger charge is -2.27. The van der Waals surface area contributed by atoms with Crippen molar-refractivity contribution in [3.63, 3.8) is 0 Å². The minimum Gasteiger partial charge on any atom is -0.333 e. The van der Waals surface area contributed by atoms with Gasteiger partial charge in [0.1, 0.15) is 5.82 Å². The Kier molecular flexibility index (Phi) is 4.24. The number of rotatable bonds is 3. The van der Waals surface area contributed by atoms with Crippen LogP contribution >= 0.6 is 11.3 Å². The van der Waals surface area contributed by atoms with Crippen molar-refractivity contribution < 1.29 is 13.7 Å². The molecule has 9 heteroatoms. The molecule has 146 valence electrons. The van der Waals surface area contributed by atoms with Gasteiger partial charge in [-0.25, -0.2) is 4.39 Å². The Morgan fingerprint density at radius 2 is 2.17 bits per heavy atom. The van der Waals surface area contributed by atoms with E-state index in [1.807, 2.05) is 29.5 Å². The van der Waals surface area contributed by atoms with Gasteiger partial charge < -0.3 is 9.42 Å². The van der Waals surface area contributed by atoms with Crippen molar-refractivity contribution in [2.24, 2.45) is 7.05 Å². The fourth-order valence-corrected chi connectivity index (χ4v) is 4.25. The number of nitrogens with zero attached hydrogens (tertiary/aromatic N) is 5. The van der Waals surface area contributed by atoms with Gasteiger partial charge in [0, 0.05) is 36.8 Å². The molecule has 0 unspecified atom stereocenters. The zero-order chi connectivity index (χ0) is 20.0. The Labute approximate surface area is 169 Å². The van der Waals surface area contributed by atoms with Gasteiger partial charge >= 0.3 is 0 Å². The summed E-state index contributed by atoms with van der Waals surface area (Å²) in [4.78, 5) is 19.7. The molecular weight excluding hydrogens is 393 g/mol. The molecule has 0 N–H and O–H groups in total. The Bertz CT molecular complexity index is 1200. The first kappa shape index (κ1) is 17.7. The second-order valence-corrected chi connectivity index (χ2v) is 7.73. The van der Waals surface area contributed by atoms with Crippen LogP contribution in [0, 0.1) is 5.82 Å². The average Bonchev–Trinajstić information content (AvgIpc) is 3.48. The molecule has 1 aromatic carbocycles. The zero-order valence-electron chi connectivity index (χ0n) is 15.5. The van der Waals surface area contributed by atoms with Crippen molar-refractivity contribution in [1.29, 1.82) is 0 Å². The second kappa shape index (κ2) is 6.93. The van der Waals surface area contributed by atoms with Crippen LogP contribution in [0.5, 0.6) is 0 Å². The Morgan fingerprint density at radius 1 is 1.28 bits per heavy atom. The summed E-state index contributed by atoms with van der Waals surface area (Å²) >= 11 is 1.43. The van der Waals surface area contributed by atoms with Gasteiger partial charge in [-0.1, -0.05) is 23.4 Å². The predicted molar refractivity (Wildman–Crippen MR) is 105 cm³/mol. The smallest absolute Gasteiger partial charge is 0.279 e. The lowest BCUT2D eigenvalue weighted by Crippen LogP contribution is -2.36. The number of carbonyl (C=O) groups excluding carboxylic acids is 1. The molecule has 1 amide bonds. The molecule has 0 spiro atoms. The summed E-state index contributed by atoms with van der Waals surface area (Å²) in [6.45, 7) is 1.05. The van der Waals surface area contributed by atoms with E-state index in [0.717, 1.165) is 11.3 Å². The minimum atomic E-state index is -0.369. The van der Waals surface area contributed by atoms with Crippen LogP contribution in [0.15, 0.2) is 46.3 Å². The monoisotopic (exact) mass is 409 g/mol. The van der Waals surface area contributed by atoms with Crippen LogP contribution in [0.2, 0.25) is 0 Å². The number of hydrogen-bond donors (Lipinski definition) is 0. The first-order valence-electron chi connectivity index (χ1n) is 9.07. The van der Waals surface area contributed by atoms with Gasteiger partial charge in [-0.15, -0.1) is 11.3 Å². The van der Waals surface area contributed by atoms with Crippen molar-refractivity contribution in [2.75, 3.05) is 6.54 Å². The van der Waals surface area contributed by atoms with E-state index in [4.69, 9.17) is 4.52 Å². The lowest BCUT2D eigenvalue weighted by molar-refractivity contribution is 0.0738. The molecule has 0 atom stereocenters. The van der Waals surface area contributed by atoms with Gasteiger partial charge in [0.15, 0.2) is 5.69 Å². The number of aromatic nitrogens is 4. The van der Waals surface area contributed by atoms with E-state index >= 15 is 0 Å². The van der Waals surface area contributed by atoms with Crippen LogP contribution in [0.3, 0.4) is 0 Å². The normalized spacial score (nSPS) is 13.5. The highest BCUT2D eigenvalue weighted by atomic mass is 32.1. The van der Waals surface area contributed by atoms with Gasteiger partial charge in [0.05, 0.1) is 11.4 Å². The summed E-state index contributed by atoms with van der Waals surface area (Å²) < 4.78 is 20.7. The Hall–Kier alpha value is -3.33. The van der Waals surface area contributed by atoms with Crippen molar-refractivity contribution >= 4 is 17.2 Å². The molecule has 7 nitrogen and oxygen atoms in total. The maximum Gasteiger partial charge on any atom is 0.279 e. The van der Waals surface area contributed by atoms with Crippen LogP contribution in [0.1, 0.15) is 20.9 Å². The van der Waals surface area contributed by atoms with Crippen LogP contribution in [0.4, 0.5) is 4.39 Å². The highest BCUT2D eigenvalue weighted by Crippen LogP contribution is 2.31. The molecular formula is C20H16FN5O2S. The van der Waals surface area contributed by atoms with Gasteiger partial charge in [-0.05, 0) is 23.6 Å². The Balaban J connectivity index is 1.48. The summed E-state index contributed by atoms with van der Waals surface area (Å²) in [6.07, 6.45) is 0.695. The van der Waals surface area contributed by atoms with Gasteiger partial charge in [-0.3, -0.25) is 9.48 Å². The quantitative estimate of drug-likeness (QED) is 0.517. The van der Waals surface area contributed by atoms with E-state index in [1.165, 1.54) is 23.5 Å². The number of amides is 1. The third-order valence-corrected chi connectivity index (χ3v) is 5.83. The topological polar surface area (TPSA) is 77.1 Å². The molecule has 0 saturated carbocycles. The number of thiophene rings is 1. The third kappa shape index (κ3) is 3.13. The first-order valence-corrected chi connectivity index (χ1v) is 9.95. The highest BCUT2D eigenvalue weighted by molar-refractivity contribution is 7.12. The summed E-state index contributed by atoms with van der Waals surface area (Å²) in [7, 11) is 1.86. The van der Waals surface area contributed by atoms with Crippen LogP contribution in [-0.2, 0) is 20.0 Å². The molecule has 29 heavy (non-hydrogen) atoms. The van der Waals surface area contributed by atoms with Crippen molar-refractivity contribution in [1.82, 2.24) is 24.8 Å². The number of aryl methyl sites for hydroxylation is 1. The standard InChI is InChI=1S/C20H16FN5O2S/c1-25-15-7-8-26(20(27)16-6-3-9-29-16)11-14(15)17(23-25)19-22-18(24-28-19)12-4-2-5-13(21)10-12/h2-6,9-10H,7-8,11H2,1H3. The maximum atomic E-state index is 13.5. The SMILES string of the molecule is Cn1nc(-c2nc(-c3cccc(F)c3)no2)c2c1CCN(C(=O)c1cccs1)C2. The van der Waals surface area contributed by atoms with Gasteiger partial charge in [0.25, 0.3) is 11.8 Å². The number of benzene rings is 1. The van der Waals surface area contributed by atoms with Crippen LogP contribution in [-0.4, -0.2) is 37.3 Å². The van der Waals surface area contributed by atoms with E-state index in [9.17, 15) is 9.18 Å². The molecule has 5 rings (SSSR count). The molecule has 0 bridgehead atoms.